The van der Waals surface area contributed by atoms with Crippen molar-refractivity contribution >= 4 is 15.5 Å². The Morgan fingerprint density at radius 2 is 1.56 bits per heavy atom. The van der Waals surface area contributed by atoms with Crippen molar-refractivity contribution in [2.75, 3.05) is 26.9 Å². The van der Waals surface area contributed by atoms with Gasteiger partial charge in [-0.25, -0.2) is 8.42 Å². The molecule has 0 radical (unpaired) electrons. The van der Waals surface area contributed by atoms with Crippen LogP contribution >= 0.6 is 0 Å². The van der Waals surface area contributed by atoms with Crippen molar-refractivity contribution in [3.8, 4) is 0 Å². The summed E-state index contributed by atoms with van der Waals surface area (Å²) in [5.74, 6) is -0.356. The van der Waals surface area contributed by atoms with Gasteiger partial charge in [0.05, 0.1) is 37.9 Å². The maximum Gasteiger partial charge on any atom is 0.179 e. The van der Waals surface area contributed by atoms with Crippen LogP contribution in [0.1, 0.15) is 69.4 Å². The Morgan fingerprint density at radius 1 is 0.969 bits per heavy atom. The van der Waals surface area contributed by atoms with Crippen molar-refractivity contribution < 1.29 is 13.5 Å². The fourth-order valence-electron chi connectivity index (χ4n) is 5.19. The van der Waals surface area contributed by atoms with Crippen LogP contribution in [0.5, 0.6) is 0 Å². The number of aliphatic hydroxyl groups is 1. The molecule has 4 nitrogen and oxygen atoms in total. The quantitative estimate of drug-likeness (QED) is 0.529. The highest BCUT2D eigenvalue weighted by Crippen LogP contribution is 2.50. The highest BCUT2D eigenvalue weighted by molar-refractivity contribution is 7.91. The molecule has 2 aromatic carbocycles. The van der Waals surface area contributed by atoms with Crippen LogP contribution in [-0.4, -0.2) is 46.5 Å². The number of fused-ring (bicyclic) bond motifs is 1. The second-order valence-electron chi connectivity index (χ2n) is 10.4. The lowest BCUT2D eigenvalue weighted by molar-refractivity contribution is 0.0127. The second-order valence-corrected chi connectivity index (χ2v) is 12.4. The Bertz CT molecular complexity index is 1000. The van der Waals surface area contributed by atoms with Crippen molar-refractivity contribution in [1.29, 1.82) is 0 Å². The van der Waals surface area contributed by atoms with Gasteiger partial charge in [0.1, 0.15) is 5.69 Å². The molecule has 0 saturated heterocycles. The van der Waals surface area contributed by atoms with Gasteiger partial charge in [0, 0.05) is 23.5 Å². The summed E-state index contributed by atoms with van der Waals surface area (Å²) in [6.07, 6.45) is 4.48. The standard InChI is InChI=1S/C27H40NO3S/c1-6-8-17-27(18-9-7-2)20-32(30,31)24-16-15-22(28(3,4)5)19-23(24)25(26(27)29)21-13-11-10-12-14-21/h10-16,19,25-26,29H,6-9,17-18,20H2,1-5H3/q+1/t25-,26-/m1/s1. The van der Waals surface area contributed by atoms with Gasteiger partial charge in [0.25, 0.3) is 0 Å². The number of benzene rings is 2. The molecule has 0 fully saturated rings. The van der Waals surface area contributed by atoms with E-state index in [2.05, 4.69) is 35.0 Å². The van der Waals surface area contributed by atoms with Gasteiger partial charge < -0.3 is 5.11 Å². The smallest absolute Gasteiger partial charge is 0.179 e. The summed E-state index contributed by atoms with van der Waals surface area (Å²) in [4.78, 5) is 0.387. The van der Waals surface area contributed by atoms with E-state index < -0.39 is 21.4 Å². The largest absolute Gasteiger partial charge is 0.392 e. The minimum absolute atomic E-state index is 0.0151. The third-order valence-electron chi connectivity index (χ3n) is 7.07. The van der Waals surface area contributed by atoms with Crippen LogP contribution in [0.3, 0.4) is 0 Å². The molecule has 1 aliphatic heterocycles. The average molecular weight is 459 g/mol. The highest BCUT2D eigenvalue weighted by atomic mass is 32.2. The lowest BCUT2D eigenvalue weighted by atomic mass is 9.68. The van der Waals surface area contributed by atoms with E-state index in [1.165, 1.54) is 0 Å². The number of hydrogen-bond donors (Lipinski definition) is 1. The number of aliphatic hydroxyl groups excluding tert-OH is 1. The number of hydrogen-bond acceptors (Lipinski definition) is 3. The van der Waals surface area contributed by atoms with Crippen LogP contribution in [0.15, 0.2) is 53.4 Å². The first kappa shape index (κ1) is 24.9. The van der Waals surface area contributed by atoms with Gasteiger partial charge in [-0.1, -0.05) is 69.9 Å². The molecule has 1 heterocycles. The van der Waals surface area contributed by atoms with Gasteiger partial charge in [-0.15, -0.1) is 0 Å². The summed E-state index contributed by atoms with van der Waals surface area (Å²) >= 11 is 0. The molecule has 5 heteroatoms. The van der Waals surface area contributed by atoms with E-state index in [0.29, 0.717) is 9.38 Å². The van der Waals surface area contributed by atoms with Gasteiger partial charge in [-0.05, 0) is 30.0 Å². The Labute approximate surface area is 194 Å². The maximum absolute atomic E-state index is 13.8. The Hall–Kier alpha value is -1.69. The third kappa shape index (κ3) is 4.95. The van der Waals surface area contributed by atoms with Crippen LogP contribution in [-0.2, 0) is 9.84 Å². The number of nitrogens with zero attached hydrogens (tertiary/aromatic N) is 1. The van der Waals surface area contributed by atoms with Crippen molar-refractivity contribution in [1.82, 2.24) is 4.48 Å². The first-order valence-electron chi connectivity index (χ1n) is 12.0. The molecule has 2 atom stereocenters. The van der Waals surface area contributed by atoms with Gasteiger partial charge in [-0.3, -0.25) is 4.48 Å². The molecule has 1 aliphatic rings. The molecule has 0 unspecified atom stereocenters. The van der Waals surface area contributed by atoms with E-state index in [4.69, 9.17) is 0 Å². The molecule has 32 heavy (non-hydrogen) atoms. The van der Waals surface area contributed by atoms with Gasteiger partial charge in [0.15, 0.2) is 9.84 Å². The van der Waals surface area contributed by atoms with E-state index in [1.54, 1.807) is 6.07 Å². The molecule has 3 rings (SSSR count). The van der Waals surface area contributed by atoms with E-state index in [9.17, 15) is 13.5 Å². The van der Waals surface area contributed by atoms with Crippen LogP contribution < -0.4 is 4.48 Å². The number of quaternary nitrogens is 1. The normalized spacial score (nSPS) is 22.2. The Balaban J connectivity index is 2.31. The summed E-state index contributed by atoms with van der Waals surface area (Å²) in [5, 5.41) is 12.1. The van der Waals surface area contributed by atoms with E-state index in [1.807, 2.05) is 42.5 Å². The minimum atomic E-state index is -3.55. The molecule has 0 amide bonds. The lowest BCUT2D eigenvalue weighted by Crippen LogP contribution is -2.43. The van der Waals surface area contributed by atoms with Gasteiger partial charge >= 0.3 is 0 Å². The first-order chi connectivity index (χ1) is 15.1. The molecule has 0 spiro atoms. The van der Waals surface area contributed by atoms with E-state index in [-0.39, 0.29) is 11.7 Å². The molecule has 2 aromatic rings. The Morgan fingerprint density at radius 3 is 2.09 bits per heavy atom. The zero-order chi connectivity index (χ0) is 23.6. The lowest BCUT2D eigenvalue weighted by Gasteiger charge is -2.40. The van der Waals surface area contributed by atoms with Crippen LogP contribution in [0, 0.1) is 5.41 Å². The zero-order valence-corrected chi connectivity index (χ0v) is 21.2. The van der Waals surface area contributed by atoms with Crippen molar-refractivity contribution in [2.45, 2.75) is 69.3 Å². The monoisotopic (exact) mass is 458 g/mol. The minimum Gasteiger partial charge on any atom is -0.392 e. The van der Waals surface area contributed by atoms with E-state index in [0.717, 1.165) is 55.3 Å². The summed E-state index contributed by atoms with van der Waals surface area (Å²) in [6.45, 7) is 4.25. The molecule has 176 valence electrons. The van der Waals surface area contributed by atoms with Crippen LogP contribution in [0.25, 0.3) is 0 Å². The molecule has 0 aromatic heterocycles. The topological polar surface area (TPSA) is 54.4 Å². The predicted octanol–water partition coefficient (Wildman–Crippen LogP) is 5.53. The van der Waals surface area contributed by atoms with Crippen molar-refractivity contribution in [3.63, 3.8) is 0 Å². The highest BCUT2D eigenvalue weighted by Gasteiger charge is 2.49. The number of sulfone groups is 1. The van der Waals surface area contributed by atoms with Crippen molar-refractivity contribution in [3.05, 3.63) is 59.7 Å². The van der Waals surface area contributed by atoms with Crippen LogP contribution in [0.2, 0.25) is 0 Å². The summed E-state index contributed by atoms with van der Waals surface area (Å²) in [7, 11) is 2.68. The summed E-state index contributed by atoms with van der Waals surface area (Å²) in [5.41, 5.74) is 2.10. The first-order valence-corrected chi connectivity index (χ1v) is 13.6. The number of unbranched alkanes of at least 4 members (excludes halogenated alkanes) is 2. The van der Waals surface area contributed by atoms with Crippen LogP contribution in [0.4, 0.5) is 5.69 Å². The molecule has 0 bridgehead atoms. The average Bonchev–Trinajstić information content (AvgIpc) is 2.82. The Kier molecular flexibility index (Phi) is 7.53. The maximum atomic E-state index is 13.8. The second kappa shape index (κ2) is 9.66. The SMILES string of the molecule is CCCCC1(CCCC)CS(=O)(=O)c2ccc([N+](C)(C)C)cc2[C@@H](c2ccccc2)[C@H]1O. The summed E-state index contributed by atoms with van der Waals surface area (Å²) < 4.78 is 28.2. The number of rotatable bonds is 8. The van der Waals surface area contributed by atoms with Gasteiger partial charge in [-0.2, -0.15) is 0 Å². The molecular formula is C27H40NO3S+. The zero-order valence-electron chi connectivity index (χ0n) is 20.3. The third-order valence-corrected chi connectivity index (χ3v) is 9.07. The molecule has 0 aliphatic carbocycles. The van der Waals surface area contributed by atoms with E-state index >= 15 is 0 Å². The molecular weight excluding hydrogens is 418 g/mol. The summed E-state index contributed by atoms with van der Waals surface area (Å²) in [6, 6.07) is 15.7. The molecule has 1 N–H and O–H groups in total. The predicted molar refractivity (Wildman–Crippen MR) is 134 cm³/mol. The molecule has 0 saturated carbocycles. The fourth-order valence-corrected chi connectivity index (χ4v) is 7.38. The van der Waals surface area contributed by atoms with Crippen molar-refractivity contribution in [2.24, 2.45) is 5.41 Å². The fraction of sp³-hybridized carbons (Fsp3) is 0.556. The van der Waals surface area contributed by atoms with Gasteiger partial charge in [0.2, 0.25) is 0 Å².